The molecule has 0 atom stereocenters. The molecule has 25 heavy (non-hydrogen) atoms. The van der Waals surface area contributed by atoms with Crippen LogP contribution in [0.25, 0.3) is 22.4 Å². The SMILES string of the molecule is O=C(Cn1c(-c2ccccc2)nc2ccccc21)NCc1ccco1. The summed E-state index contributed by atoms with van der Waals surface area (Å²) in [5, 5.41) is 2.89. The van der Waals surface area contributed by atoms with Gasteiger partial charge in [0, 0.05) is 5.56 Å². The molecule has 0 bridgehead atoms. The van der Waals surface area contributed by atoms with E-state index in [0.717, 1.165) is 28.2 Å². The van der Waals surface area contributed by atoms with Gasteiger partial charge >= 0.3 is 0 Å². The second-order valence-corrected chi connectivity index (χ2v) is 5.73. The first-order valence-electron chi connectivity index (χ1n) is 8.11. The maximum absolute atomic E-state index is 12.4. The number of fused-ring (bicyclic) bond motifs is 1. The quantitative estimate of drug-likeness (QED) is 0.608. The van der Waals surface area contributed by atoms with Crippen molar-refractivity contribution in [1.82, 2.24) is 14.9 Å². The summed E-state index contributed by atoms with van der Waals surface area (Å²) in [5.41, 5.74) is 2.80. The van der Waals surface area contributed by atoms with Crippen molar-refractivity contribution in [3.05, 3.63) is 78.8 Å². The highest BCUT2D eigenvalue weighted by molar-refractivity contribution is 5.84. The van der Waals surface area contributed by atoms with E-state index >= 15 is 0 Å². The molecule has 0 aliphatic carbocycles. The van der Waals surface area contributed by atoms with Gasteiger partial charge in [-0.2, -0.15) is 0 Å². The lowest BCUT2D eigenvalue weighted by atomic mass is 10.2. The Morgan fingerprint density at radius 1 is 1.00 bits per heavy atom. The van der Waals surface area contributed by atoms with E-state index in [4.69, 9.17) is 9.40 Å². The van der Waals surface area contributed by atoms with Crippen LogP contribution in [0.5, 0.6) is 0 Å². The molecule has 0 saturated carbocycles. The van der Waals surface area contributed by atoms with Crippen molar-refractivity contribution in [1.29, 1.82) is 0 Å². The van der Waals surface area contributed by atoms with E-state index in [0.29, 0.717) is 6.54 Å². The molecule has 2 aromatic carbocycles. The Balaban J connectivity index is 1.64. The number of hydrogen-bond donors (Lipinski definition) is 1. The second-order valence-electron chi connectivity index (χ2n) is 5.73. The van der Waals surface area contributed by atoms with E-state index in [1.165, 1.54) is 0 Å². The molecule has 0 radical (unpaired) electrons. The first kappa shape index (κ1) is 15.2. The molecular formula is C20H17N3O2. The van der Waals surface area contributed by atoms with Crippen LogP contribution in [-0.2, 0) is 17.9 Å². The molecule has 2 heterocycles. The lowest BCUT2D eigenvalue weighted by Crippen LogP contribution is -2.27. The van der Waals surface area contributed by atoms with Crippen molar-refractivity contribution < 1.29 is 9.21 Å². The first-order chi connectivity index (χ1) is 12.3. The van der Waals surface area contributed by atoms with Crippen LogP contribution >= 0.6 is 0 Å². The third-order valence-corrected chi connectivity index (χ3v) is 4.03. The van der Waals surface area contributed by atoms with Crippen molar-refractivity contribution in [3.63, 3.8) is 0 Å². The van der Waals surface area contributed by atoms with Crippen molar-refractivity contribution in [3.8, 4) is 11.4 Å². The van der Waals surface area contributed by atoms with Crippen LogP contribution in [-0.4, -0.2) is 15.5 Å². The average Bonchev–Trinajstić information content (AvgIpc) is 3.29. The number of rotatable bonds is 5. The normalized spacial score (nSPS) is 10.9. The zero-order chi connectivity index (χ0) is 17.1. The molecule has 124 valence electrons. The highest BCUT2D eigenvalue weighted by atomic mass is 16.3. The first-order valence-corrected chi connectivity index (χ1v) is 8.11. The van der Waals surface area contributed by atoms with Gasteiger partial charge in [-0.3, -0.25) is 4.79 Å². The van der Waals surface area contributed by atoms with Gasteiger partial charge < -0.3 is 14.3 Å². The van der Waals surface area contributed by atoms with Gasteiger partial charge in [0.15, 0.2) is 0 Å². The molecule has 0 unspecified atom stereocenters. The highest BCUT2D eigenvalue weighted by Gasteiger charge is 2.15. The smallest absolute Gasteiger partial charge is 0.240 e. The predicted molar refractivity (Wildman–Crippen MR) is 95.7 cm³/mol. The molecule has 0 aliphatic rings. The molecule has 4 rings (SSSR count). The van der Waals surface area contributed by atoms with E-state index in [2.05, 4.69) is 5.32 Å². The van der Waals surface area contributed by atoms with E-state index in [-0.39, 0.29) is 12.5 Å². The summed E-state index contributed by atoms with van der Waals surface area (Å²) in [6.07, 6.45) is 1.60. The number of benzene rings is 2. The molecule has 0 aliphatic heterocycles. The number of nitrogens with zero attached hydrogens (tertiary/aromatic N) is 2. The third kappa shape index (κ3) is 3.17. The molecule has 0 fully saturated rings. The summed E-state index contributed by atoms with van der Waals surface area (Å²) in [6, 6.07) is 21.4. The van der Waals surface area contributed by atoms with Crippen LogP contribution in [0.1, 0.15) is 5.76 Å². The molecule has 0 spiro atoms. The minimum absolute atomic E-state index is 0.0864. The maximum Gasteiger partial charge on any atom is 0.240 e. The Kier molecular flexibility index (Phi) is 4.04. The Labute approximate surface area is 144 Å². The Morgan fingerprint density at radius 2 is 1.80 bits per heavy atom. The zero-order valence-corrected chi connectivity index (χ0v) is 13.6. The average molecular weight is 331 g/mol. The van der Waals surface area contributed by atoms with E-state index in [1.807, 2.05) is 65.2 Å². The standard InChI is InChI=1S/C20H17N3O2/c24-19(21-13-16-9-6-12-25-16)14-23-18-11-5-4-10-17(18)22-20(23)15-7-2-1-3-8-15/h1-12H,13-14H2,(H,21,24). The molecule has 4 aromatic rings. The van der Waals surface area contributed by atoms with Gasteiger partial charge in [-0.25, -0.2) is 4.98 Å². The van der Waals surface area contributed by atoms with Crippen molar-refractivity contribution in [2.24, 2.45) is 0 Å². The fraction of sp³-hybridized carbons (Fsp3) is 0.100. The predicted octanol–water partition coefficient (Wildman–Crippen LogP) is 3.61. The Hall–Kier alpha value is -3.34. The Morgan fingerprint density at radius 3 is 2.60 bits per heavy atom. The molecule has 5 nitrogen and oxygen atoms in total. The molecule has 2 aromatic heterocycles. The molecule has 1 N–H and O–H groups in total. The number of imidazole rings is 1. The van der Waals surface area contributed by atoms with E-state index in [1.54, 1.807) is 12.3 Å². The van der Waals surface area contributed by atoms with E-state index < -0.39 is 0 Å². The molecule has 0 saturated heterocycles. The summed E-state index contributed by atoms with van der Waals surface area (Å²) in [7, 11) is 0. The number of nitrogens with one attached hydrogen (secondary N) is 1. The van der Waals surface area contributed by atoms with Crippen LogP contribution in [0.2, 0.25) is 0 Å². The van der Waals surface area contributed by atoms with Gasteiger partial charge in [-0.15, -0.1) is 0 Å². The van der Waals surface area contributed by atoms with Gasteiger partial charge in [0.05, 0.1) is 23.8 Å². The number of para-hydroxylation sites is 2. The van der Waals surface area contributed by atoms with Gasteiger partial charge in [0.2, 0.25) is 5.91 Å². The van der Waals surface area contributed by atoms with Gasteiger partial charge in [0.1, 0.15) is 18.1 Å². The third-order valence-electron chi connectivity index (χ3n) is 4.03. The van der Waals surface area contributed by atoms with Gasteiger partial charge in [-0.05, 0) is 24.3 Å². The fourth-order valence-corrected chi connectivity index (χ4v) is 2.84. The highest BCUT2D eigenvalue weighted by Crippen LogP contribution is 2.24. The van der Waals surface area contributed by atoms with Crippen LogP contribution in [0, 0.1) is 0 Å². The van der Waals surface area contributed by atoms with Crippen molar-refractivity contribution in [2.45, 2.75) is 13.1 Å². The second kappa shape index (κ2) is 6.65. The molecule has 1 amide bonds. The van der Waals surface area contributed by atoms with Crippen LogP contribution < -0.4 is 5.32 Å². The number of carbonyl (C=O) groups excluding carboxylic acids is 1. The van der Waals surface area contributed by atoms with Crippen molar-refractivity contribution >= 4 is 16.9 Å². The molecule has 5 heteroatoms. The number of hydrogen-bond acceptors (Lipinski definition) is 3. The lowest BCUT2D eigenvalue weighted by Gasteiger charge is -2.09. The Bertz CT molecular complexity index is 988. The minimum Gasteiger partial charge on any atom is -0.467 e. The van der Waals surface area contributed by atoms with Crippen LogP contribution in [0.15, 0.2) is 77.4 Å². The van der Waals surface area contributed by atoms with Crippen molar-refractivity contribution in [2.75, 3.05) is 0 Å². The number of carbonyl (C=O) groups is 1. The summed E-state index contributed by atoms with van der Waals surface area (Å²) in [4.78, 5) is 17.1. The van der Waals surface area contributed by atoms with E-state index in [9.17, 15) is 4.79 Å². The fourth-order valence-electron chi connectivity index (χ4n) is 2.84. The summed E-state index contributed by atoms with van der Waals surface area (Å²) in [5.74, 6) is 1.43. The lowest BCUT2D eigenvalue weighted by molar-refractivity contribution is -0.121. The number of furan rings is 1. The number of amides is 1. The van der Waals surface area contributed by atoms with Gasteiger partial charge in [0.25, 0.3) is 0 Å². The molecular weight excluding hydrogens is 314 g/mol. The minimum atomic E-state index is -0.0864. The summed E-state index contributed by atoms with van der Waals surface area (Å²) >= 11 is 0. The van der Waals surface area contributed by atoms with Crippen LogP contribution in [0.4, 0.5) is 0 Å². The number of aromatic nitrogens is 2. The largest absolute Gasteiger partial charge is 0.467 e. The topological polar surface area (TPSA) is 60.1 Å². The zero-order valence-electron chi connectivity index (χ0n) is 13.6. The van der Waals surface area contributed by atoms with Gasteiger partial charge in [-0.1, -0.05) is 42.5 Å². The summed E-state index contributed by atoms with van der Waals surface area (Å²) < 4.78 is 7.20. The summed E-state index contributed by atoms with van der Waals surface area (Å²) in [6.45, 7) is 0.574. The monoisotopic (exact) mass is 331 g/mol. The van der Waals surface area contributed by atoms with Crippen LogP contribution in [0.3, 0.4) is 0 Å². The maximum atomic E-state index is 12.4.